The van der Waals surface area contributed by atoms with Gasteiger partial charge in [-0.1, -0.05) is 35.3 Å². The third-order valence-corrected chi connectivity index (χ3v) is 3.02. The Kier molecular flexibility index (Phi) is 3.89. The first-order valence-corrected chi connectivity index (χ1v) is 6.05. The summed E-state index contributed by atoms with van der Waals surface area (Å²) in [5, 5.41) is 0.965. The van der Waals surface area contributed by atoms with E-state index in [0.717, 1.165) is 5.56 Å². The van der Waals surface area contributed by atoms with Crippen molar-refractivity contribution in [3.05, 3.63) is 46.3 Å². The van der Waals surface area contributed by atoms with Gasteiger partial charge in [-0.05, 0) is 17.7 Å². The predicted octanol–water partition coefficient (Wildman–Crippen LogP) is 3.00. The van der Waals surface area contributed by atoms with Crippen LogP contribution in [0.4, 0.5) is 11.5 Å². The summed E-state index contributed by atoms with van der Waals surface area (Å²) in [7, 11) is 1.88. The molecule has 0 spiro atoms. The molecular formula is C12H12Cl2N4. The first kappa shape index (κ1) is 12.9. The predicted molar refractivity (Wildman–Crippen MR) is 75.0 cm³/mol. The van der Waals surface area contributed by atoms with Gasteiger partial charge in [0.2, 0.25) is 0 Å². The van der Waals surface area contributed by atoms with E-state index >= 15 is 0 Å². The molecule has 2 N–H and O–H groups in total. The zero-order chi connectivity index (χ0) is 13.1. The molecule has 1 aromatic heterocycles. The highest BCUT2D eigenvalue weighted by molar-refractivity contribution is 6.32. The molecular weight excluding hydrogens is 271 g/mol. The Morgan fingerprint density at radius 3 is 2.78 bits per heavy atom. The fourth-order valence-electron chi connectivity index (χ4n) is 1.65. The van der Waals surface area contributed by atoms with Crippen LogP contribution in [0, 0.1) is 0 Å². The number of nitrogens with two attached hydrogens (primary N) is 1. The molecule has 2 aromatic rings. The molecule has 0 aliphatic heterocycles. The number of nitrogens with zero attached hydrogens (tertiary/aromatic N) is 3. The van der Waals surface area contributed by atoms with Gasteiger partial charge in [0.25, 0.3) is 0 Å². The van der Waals surface area contributed by atoms with Gasteiger partial charge in [-0.15, -0.1) is 0 Å². The molecule has 4 nitrogen and oxygen atoms in total. The minimum absolute atomic E-state index is 0.262. The molecule has 2 rings (SSSR count). The Bertz CT molecular complexity index is 560. The first-order chi connectivity index (χ1) is 8.58. The molecule has 0 unspecified atom stereocenters. The van der Waals surface area contributed by atoms with Crippen LogP contribution in [0.1, 0.15) is 5.56 Å². The van der Waals surface area contributed by atoms with Crippen molar-refractivity contribution in [1.82, 2.24) is 9.97 Å². The van der Waals surface area contributed by atoms with Gasteiger partial charge in [0.1, 0.15) is 12.0 Å². The number of nitrogen functional groups attached to an aromatic ring is 1. The van der Waals surface area contributed by atoms with Crippen LogP contribution < -0.4 is 10.6 Å². The van der Waals surface area contributed by atoms with Crippen LogP contribution in [0.2, 0.25) is 10.2 Å². The summed E-state index contributed by atoms with van der Waals surface area (Å²) >= 11 is 11.8. The average Bonchev–Trinajstić information content (AvgIpc) is 2.32. The van der Waals surface area contributed by atoms with E-state index < -0.39 is 0 Å². The van der Waals surface area contributed by atoms with E-state index in [4.69, 9.17) is 28.9 Å². The summed E-state index contributed by atoms with van der Waals surface area (Å²) in [6, 6.07) is 7.63. The highest BCUT2D eigenvalue weighted by atomic mass is 35.5. The van der Waals surface area contributed by atoms with Crippen molar-refractivity contribution >= 4 is 34.7 Å². The lowest BCUT2D eigenvalue weighted by Gasteiger charge is -2.19. The molecule has 0 saturated carbocycles. The molecule has 6 heteroatoms. The van der Waals surface area contributed by atoms with E-state index in [-0.39, 0.29) is 5.15 Å². The number of anilines is 2. The van der Waals surface area contributed by atoms with Crippen molar-refractivity contribution in [2.24, 2.45) is 0 Å². The topological polar surface area (TPSA) is 55.0 Å². The molecule has 0 radical (unpaired) electrons. The maximum absolute atomic E-state index is 5.94. The van der Waals surface area contributed by atoms with Crippen molar-refractivity contribution in [3.63, 3.8) is 0 Å². The van der Waals surface area contributed by atoms with Gasteiger partial charge in [0.05, 0.1) is 0 Å². The summed E-state index contributed by atoms with van der Waals surface area (Å²) in [5.74, 6) is 0.606. The van der Waals surface area contributed by atoms with Gasteiger partial charge >= 0.3 is 0 Å². The monoisotopic (exact) mass is 282 g/mol. The van der Waals surface area contributed by atoms with Crippen LogP contribution in [0.5, 0.6) is 0 Å². The van der Waals surface area contributed by atoms with E-state index in [0.29, 0.717) is 23.1 Å². The molecule has 0 bridgehead atoms. The van der Waals surface area contributed by atoms with Crippen LogP contribution in [0.3, 0.4) is 0 Å². The smallest absolute Gasteiger partial charge is 0.157 e. The van der Waals surface area contributed by atoms with E-state index in [1.54, 1.807) is 0 Å². The minimum Gasteiger partial charge on any atom is -0.393 e. The van der Waals surface area contributed by atoms with E-state index in [9.17, 15) is 0 Å². The quantitative estimate of drug-likeness (QED) is 0.880. The largest absolute Gasteiger partial charge is 0.393 e. The van der Waals surface area contributed by atoms with Crippen molar-refractivity contribution in [1.29, 1.82) is 0 Å². The number of aromatic nitrogens is 2. The number of hydrogen-bond donors (Lipinski definition) is 1. The lowest BCUT2D eigenvalue weighted by atomic mass is 10.2. The molecule has 0 atom stereocenters. The summed E-state index contributed by atoms with van der Waals surface area (Å²) in [4.78, 5) is 9.85. The van der Waals surface area contributed by atoms with Crippen LogP contribution in [0.25, 0.3) is 0 Å². The Balaban J connectivity index is 2.22. The molecule has 1 heterocycles. The zero-order valence-electron chi connectivity index (χ0n) is 9.77. The van der Waals surface area contributed by atoms with Gasteiger partial charge in [-0.25, -0.2) is 9.97 Å². The molecule has 94 valence electrons. The molecule has 0 aliphatic rings. The number of benzene rings is 1. The Labute approximate surface area is 115 Å². The van der Waals surface area contributed by atoms with Crippen LogP contribution in [0.15, 0.2) is 30.6 Å². The van der Waals surface area contributed by atoms with Gasteiger partial charge < -0.3 is 10.6 Å². The first-order valence-electron chi connectivity index (χ1n) is 5.29. The SMILES string of the molecule is CN(Cc1cccc(Cl)c1)c1ncnc(Cl)c1N. The van der Waals surface area contributed by atoms with Crippen molar-refractivity contribution in [3.8, 4) is 0 Å². The third kappa shape index (κ3) is 2.83. The number of rotatable bonds is 3. The van der Waals surface area contributed by atoms with E-state index in [1.807, 2.05) is 36.2 Å². The standard InChI is InChI=1S/C12H12Cl2N4/c1-18(6-8-3-2-4-9(13)5-8)12-10(15)11(14)16-7-17-12/h2-5,7H,6,15H2,1H3. The third-order valence-electron chi connectivity index (χ3n) is 2.48. The highest BCUT2D eigenvalue weighted by Crippen LogP contribution is 2.26. The molecule has 0 aliphatic carbocycles. The fourth-order valence-corrected chi connectivity index (χ4v) is 1.99. The van der Waals surface area contributed by atoms with Gasteiger partial charge in [-0.2, -0.15) is 0 Å². The van der Waals surface area contributed by atoms with Crippen molar-refractivity contribution in [2.75, 3.05) is 17.7 Å². The molecule has 0 fully saturated rings. The van der Waals surface area contributed by atoms with Crippen LogP contribution in [-0.4, -0.2) is 17.0 Å². The van der Waals surface area contributed by atoms with E-state index in [1.165, 1.54) is 6.33 Å². The average molecular weight is 283 g/mol. The molecule has 0 amide bonds. The number of hydrogen-bond acceptors (Lipinski definition) is 4. The summed E-state index contributed by atoms with van der Waals surface area (Å²) < 4.78 is 0. The Morgan fingerprint density at radius 2 is 2.06 bits per heavy atom. The van der Waals surface area contributed by atoms with E-state index in [2.05, 4.69) is 9.97 Å². The second kappa shape index (κ2) is 5.42. The maximum atomic E-state index is 5.94. The minimum atomic E-state index is 0.262. The molecule has 18 heavy (non-hydrogen) atoms. The highest BCUT2D eigenvalue weighted by Gasteiger charge is 2.11. The second-order valence-electron chi connectivity index (χ2n) is 3.89. The number of halogens is 2. The van der Waals surface area contributed by atoms with Crippen molar-refractivity contribution < 1.29 is 0 Å². The molecule has 1 aromatic carbocycles. The lowest BCUT2D eigenvalue weighted by Crippen LogP contribution is -2.19. The lowest BCUT2D eigenvalue weighted by molar-refractivity contribution is 0.893. The summed E-state index contributed by atoms with van der Waals surface area (Å²) in [6.45, 7) is 0.637. The van der Waals surface area contributed by atoms with Crippen LogP contribution in [-0.2, 0) is 6.54 Å². The van der Waals surface area contributed by atoms with Gasteiger partial charge in [0.15, 0.2) is 11.0 Å². The van der Waals surface area contributed by atoms with Crippen LogP contribution >= 0.6 is 23.2 Å². The Hall–Kier alpha value is -1.52. The maximum Gasteiger partial charge on any atom is 0.157 e. The molecule has 0 saturated heterocycles. The summed E-state index contributed by atoms with van der Waals surface area (Å²) in [6.07, 6.45) is 1.39. The van der Waals surface area contributed by atoms with Gasteiger partial charge in [-0.3, -0.25) is 0 Å². The summed E-state index contributed by atoms with van der Waals surface area (Å²) in [5.41, 5.74) is 7.29. The van der Waals surface area contributed by atoms with Crippen molar-refractivity contribution in [2.45, 2.75) is 6.54 Å². The second-order valence-corrected chi connectivity index (χ2v) is 4.68. The zero-order valence-corrected chi connectivity index (χ0v) is 11.3. The fraction of sp³-hybridized carbons (Fsp3) is 0.167. The Morgan fingerprint density at radius 1 is 1.28 bits per heavy atom. The van der Waals surface area contributed by atoms with Gasteiger partial charge in [0, 0.05) is 18.6 Å². The normalized spacial score (nSPS) is 10.4.